The number of phosphoric acid groups is 2. The molecule has 0 heterocycles. The molecule has 0 rings (SSSR count). The van der Waals surface area contributed by atoms with Crippen molar-refractivity contribution in [2.24, 2.45) is 0 Å². The maximum absolute atomic E-state index is 12.9. The lowest BCUT2D eigenvalue weighted by molar-refractivity contribution is -0.161. The van der Waals surface area contributed by atoms with Crippen molar-refractivity contribution in [3.8, 4) is 0 Å². The zero-order chi connectivity index (χ0) is 61.0. The van der Waals surface area contributed by atoms with Crippen molar-refractivity contribution >= 4 is 33.6 Å². The zero-order valence-corrected chi connectivity index (χ0v) is 52.9. The highest BCUT2D eigenvalue weighted by Gasteiger charge is 2.29. The first-order chi connectivity index (χ1) is 40.2. The largest absolute Gasteiger partial charge is 0.472 e. The Kier molecular flexibility index (Phi) is 55.9. The van der Waals surface area contributed by atoms with Crippen LogP contribution in [0.1, 0.15) is 226 Å². The molecule has 0 aromatic carbocycles. The molecule has 0 amide bonds. The van der Waals surface area contributed by atoms with Gasteiger partial charge in [-0.2, -0.15) is 0 Å². The van der Waals surface area contributed by atoms with E-state index in [4.69, 9.17) is 32.3 Å². The molecule has 0 spiro atoms. The smallest absolute Gasteiger partial charge is 0.463 e. The predicted octanol–water partition coefficient (Wildman–Crippen LogP) is 16.5. The Morgan fingerprint density at radius 3 is 1.01 bits per heavy atom. The number of esters is 3. The average Bonchev–Trinajstić information content (AvgIpc) is 3.46. The first-order valence-corrected chi connectivity index (χ1v) is 34.2. The van der Waals surface area contributed by atoms with E-state index in [0.717, 1.165) is 167 Å². The summed E-state index contributed by atoms with van der Waals surface area (Å²) in [7, 11) is -9.78. The van der Waals surface area contributed by atoms with Crippen LogP contribution in [0.5, 0.6) is 0 Å². The van der Waals surface area contributed by atoms with Crippen molar-refractivity contribution in [1.29, 1.82) is 0 Å². The lowest BCUT2D eigenvalue weighted by Crippen LogP contribution is -2.30. The molecule has 0 radical (unpaired) electrons. The third-order valence-electron chi connectivity index (χ3n) is 12.4. The van der Waals surface area contributed by atoms with Crippen molar-refractivity contribution < 1.29 is 75.8 Å². The van der Waals surface area contributed by atoms with E-state index < -0.39 is 91.5 Å². The summed E-state index contributed by atoms with van der Waals surface area (Å²) in [6.45, 7) is 2.29. The second-order valence-corrected chi connectivity index (χ2v) is 23.3. The highest BCUT2D eigenvalue weighted by atomic mass is 31.2. The summed E-state index contributed by atoms with van der Waals surface area (Å²) in [4.78, 5) is 58.2. The van der Waals surface area contributed by atoms with Crippen molar-refractivity contribution in [2.45, 2.75) is 245 Å². The number of phosphoric ester groups is 2. The highest BCUT2D eigenvalue weighted by molar-refractivity contribution is 7.47. The molecule has 18 heteroatoms. The summed E-state index contributed by atoms with van der Waals surface area (Å²) in [5, 5.41) is 20.5. The number of carbonyl (C=O) groups excluding carboxylic acids is 3. The number of ether oxygens (including phenoxy) is 3. The van der Waals surface area contributed by atoms with E-state index in [0.29, 0.717) is 19.3 Å². The van der Waals surface area contributed by atoms with E-state index in [-0.39, 0.29) is 19.3 Å². The first-order valence-electron chi connectivity index (χ1n) is 31.2. The minimum Gasteiger partial charge on any atom is -0.463 e. The Hall–Kier alpha value is -3.79. The van der Waals surface area contributed by atoms with Crippen molar-refractivity contribution in [3.63, 3.8) is 0 Å². The molecule has 0 fully saturated rings. The lowest BCUT2D eigenvalue weighted by atomic mass is 10.1. The molecule has 0 aliphatic rings. The van der Waals surface area contributed by atoms with E-state index in [9.17, 15) is 43.5 Å². The van der Waals surface area contributed by atoms with Crippen LogP contribution in [0.15, 0.2) is 109 Å². The molecule has 5 atom stereocenters. The van der Waals surface area contributed by atoms with Crippen molar-refractivity contribution in [3.05, 3.63) is 109 Å². The molecular formula is C65H110O16P2. The van der Waals surface area contributed by atoms with Crippen LogP contribution in [0.2, 0.25) is 0 Å². The number of rotatable bonds is 58. The van der Waals surface area contributed by atoms with Gasteiger partial charge in [0.1, 0.15) is 25.4 Å². The summed E-state index contributed by atoms with van der Waals surface area (Å²) in [5.41, 5.74) is 0. The van der Waals surface area contributed by atoms with Gasteiger partial charge in [0.15, 0.2) is 6.10 Å². The minimum atomic E-state index is -4.93. The standard InChI is InChI=1S/C65H110O16P2/c1-4-7-10-13-16-19-22-25-27-28-29-30-32-35-36-39-42-45-48-51-63(68)75-54-60(66)55-77-82(71,72)78-56-61(67)57-79-83(73,74)80-59-62(81-65(70)53-50-47-44-41-38-33-24-21-18-15-12-9-6-3)58-76-64(69)52-49-46-43-40-37-34-31-26-23-20-17-14-11-8-5-2/h7-8,10-12,15-17,19-21,24-27,29-31,60-62,66-67H,4-6,9,13-14,18,22-23,28,32-59H2,1-3H3,(H,71,72)(H,73,74)/b10-7-,11-8-,15-12-,19-16-,20-17-,24-21-,27-25-,30-29-,31-26-. The fourth-order valence-electron chi connectivity index (χ4n) is 7.73. The molecule has 476 valence electrons. The number of allylic oxidation sites excluding steroid dienone is 18. The third-order valence-corrected chi connectivity index (χ3v) is 14.3. The van der Waals surface area contributed by atoms with Gasteiger partial charge in [0.05, 0.1) is 26.4 Å². The number of hydrogen-bond donors (Lipinski definition) is 4. The Morgan fingerprint density at radius 1 is 0.349 bits per heavy atom. The highest BCUT2D eigenvalue weighted by Crippen LogP contribution is 2.45. The second kappa shape index (κ2) is 58.6. The number of unbranched alkanes of at least 4 members (excludes halogenated alkanes) is 17. The van der Waals surface area contributed by atoms with Crippen LogP contribution in [-0.4, -0.2) is 95.9 Å². The van der Waals surface area contributed by atoms with Crippen LogP contribution in [0.3, 0.4) is 0 Å². The van der Waals surface area contributed by atoms with E-state index >= 15 is 0 Å². The second-order valence-electron chi connectivity index (χ2n) is 20.4. The fourth-order valence-corrected chi connectivity index (χ4v) is 9.31. The Morgan fingerprint density at radius 2 is 0.639 bits per heavy atom. The van der Waals surface area contributed by atoms with Gasteiger partial charge in [-0.1, -0.05) is 201 Å². The van der Waals surface area contributed by atoms with Gasteiger partial charge in [-0.25, -0.2) is 9.13 Å². The molecular weight excluding hydrogens is 1100 g/mol. The number of aliphatic hydroxyl groups excluding tert-OH is 2. The summed E-state index contributed by atoms with van der Waals surface area (Å²) < 4.78 is 60.6. The average molecular weight is 1210 g/mol. The first kappa shape index (κ1) is 79.2. The van der Waals surface area contributed by atoms with Gasteiger partial charge in [-0.15, -0.1) is 0 Å². The van der Waals surface area contributed by atoms with E-state index in [2.05, 4.69) is 130 Å². The van der Waals surface area contributed by atoms with Crippen molar-refractivity contribution in [2.75, 3.05) is 39.6 Å². The Labute approximate surface area is 500 Å². The topological polar surface area (TPSA) is 231 Å². The van der Waals surface area contributed by atoms with Gasteiger partial charge in [0.2, 0.25) is 0 Å². The van der Waals surface area contributed by atoms with E-state index in [1.165, 1.54) is 0 Å². The molecule has 0 aliphatic carbocycles. The maximum Gasteiger partial charge on any atom is 0.472 e. The number of carbonyl (C=O) groups is 3. The van der Waals surface area contributed by atoms with Crippen LogP contribution >= 0.6 is 15.6 Å². The predicted molar refractivity (Wildman–Crippen MR) is 334 cm³/mol. The summed E-state index contributed by atoms with van der Waals surface area (Å²) in [6.07, 6.45) is 63.0. The normalized spacial score (nSPS) is 15.1. The lowest BCUT2D eigenvalue weighted by Gasteiger charge is -2.21. The molecule has 16 nitrogen and oxygen atoms in total. The molecule has 83 heavy (non-hydrogen) atoms. The molecule has 0 saturated heterocycles. The molecule has 0 bridgehead atoms. The van der Waals surface area contributed by atoms with Gasteiger partial charge in [-0.3, -0.25) is 32.5 Å². The molecule has 4 N–H and O–H groups in total. The SMILES string of the molecule is CC/C=C\C/C=C\C/C=C\C/C=C\CCCCCCCCC(=O)OCC(O)COP(=O)(O)OCC(O)COP(=O)(O)OCC(COC(=O)CCCCCCC/C=C\C/C=C\C/C=C\CC)OC(=O)CCCCCCC/C=C\C/C=C\CCC. The molecule has 0 aromatic rings. The van der Waals surface area contributed by atoms with Crippen LogP contribution in [0, 0.1) is 0 Å². The van der Waals surface area contributed by atoms with Gasteiger partial charge in [0, 0.05) is 19.3 Å². The molecule has 5 unspecified atom stereocenters. The molecule has 0 saturated carbocycles. The zero-order valence-electron chi connectivity index (χ0n) is 51.1. The van der Waals surface area contributed by atoms with Gasteiger partial charge < -0.3 is 34.2 Å². The Bertz CT molecular complexity index is 1960. The van der Waals surface area contributed by atoms with Gasteiger partial charge in [0.25, 0.3) is 0 Å². The van der Waals surface area contributed by atoms with Crippen LogP contribution in [0.4, 0.5) is 0 Å². The molecule has 0 aliphatic heterocycles. The number of hydrogen-bond acceptors (Lipinski definition) is 14. The number of aliphatic hydroxyl groups is 2. The van der Waals surface area contributed by atoms with Gasteiger partial charge in [-0.05, 0) is 116 Å². The van der Waals surface area contributed by atoms with E-state index in [1.54, 1.807) is 0 Å². The minimum absolute atomic E-state index is 0.0818. The Balaban J connectivity index is 4.68. The van der Waals surface area contributed by atoms with Gasteiger partial charge >= 0.3 is 33.6 Å². The summed E-state index contributed by atoms with van der Waals surface area (Å²) in [5.74, 6) is -1.63. The summed E-state index contributed by atoms with van der Waals surface area (Å²) in [6, 6.07) is 0. The summed E-state index contributed by atoms with van der Waals surface area (Å²) >= 11 is 0. The van der Waals surface area contributed by atoms with Crippen LogP contribution in [0.25, 0.3) is 0 Å². The third kappa shape index (κ3) is 59.7. The van der Waals surface area contributed by atoms with E-state index in [1.807, 2.05) is 0 Å². The maximum atomic E-state index is 12.9. The quantitative estimate of drug-likeness (QED) is 0.0146. The van der Waals surface area contributed by atoms with Crippen LogP contribution in [-0.2, 0) is 55.8 Å². The van der Waals surface area contributed by atoms with Crippen LogP contribution < -0.4 is 0 Å². The molecule has 0 aromatic heterocycles. The monoisotopic (exact) mass is 1210 g/mol. The van der Waals surface area contributed by atoms with Crippen molar-refractivity contribution in [1.82, 2.24) is 0 Å². The fraction of sp³-hybridized carbons (Fsp3) is 0.677.